The minimum Gasteiger partial charge on any atom is -0.313 e. The van der Waals surface area contributed by atoms with Crippen molar-refractivity contribution in [2.24, 2.45) is 5.41 Å². The Bertz CT molecular complexity index is 259. The summed E-state index contributed by atoms with van der Waals surface area (Å²) in [5.74, 6) is 0. The summed E-state index contributed by atoms with van der Waals surface area (Å²) in [6, 6.07) is 3.04. The maximum atomic E-state index is 8.83. The summed E-state index contributed by atoms with van der Waals surface area (Å²) < 4.78 is 0. The minimum absolute atomic E-state index is 0.364. The zero-order chi connectivity index (χ0) is 11.4. The first-order chi connectivity index (χ1) is 7.78. The van der Waals surface area contributed by atoms with Gasteiger partial charge < -0.3 is 10.2 Å². The molecule has 90 valence electrons. The fraction of sp³-hybridized carbons (Fsp3) is 0.923. The molecular formula is C13H23N3. The second kappa shape index (κ2) is 5.16. The molecule has 0 radical (unpaired) electrons. The average Bonchev–Trinajstić information content (AvgIpc) is 2.84. The fourth-order valence-electron chi connectivity index (χ4n) is 2.74. The van der Waals surface area contributed by atoms with E-state index >= 15 is 0 Å². The highest BCUT2D eigenvalue weighted by atomic mass is 15.2. The zero-order valence-electron chi connectivity index (χ0n) is 10.3. The van der Waals surface area contributed by atoms with Crippen molar-refractivity contribution in [3.05, 3.63) is 0 Å². The van der Waals surface area contributed by atoms with Crippen molar-refractivity contribution in [3.63, 3.8) is 0 Å². The number of hydrogen-bond donors (Lipinski definition) is 1. The first kappa shape index (κ1) is 11.9. The molecule has 1 N–H and O–H groups in total. The number of rotatable bonds is 6. The molecule has 2 aliphatic rings. The number of nitrogens with one attached hydrogen (secondary N) is 1. The van der Waals surface area contributed by atoms with Crippen LogP contribution in [0.3, 0.4) is 0 Å². The maximum Gasteiger partial charge on any atom is 0.0628 e. The molecule has 0 aromatic rings. The fourth-order valence-corrected chi connectivity index (χ4v) is 2.74. The van der Waals surface area contributed by atoms with Gasteiger partial charge in [-0.3, -0.25) is 0 Å². The molecule has 2 fully saturated rings. The van der Waals surface area contributed by atoms with E-state index in [-0.39, 0.29) is 0 Å². The summed E-state index contributed by atoms with van der Waals surface area (Å²) in [5, 5.41) is 12.4. The van der Waals surface area contributed by atoms with Crippen LogP contribution in [0.4, 0.5) is 0 Å². The quantitative estimate of drug-likeness (QED) is 0.743. The van der Waals surface area contributed by atoms with E-state index in [1.54, 1.807) is 0 Å². The minimum atomic E-state index is 0.364. The van der Waals surface area contributed by atoms with E-state index in [0.717, 1.165) is 19.5 Å². The molecule has 0 aromatic heterocycles. The highest BCUT2D eigenvalue weighted by Gasteiger charge is 2.43. The van der Waals surface area contributed by atoms with Crippen LogP contribution in [-0.4, -0.2) is 37.1 Å². The lowest BCUT2D eigenvalue weighted by atomic mass is 10.0. The molecule has 1 heterocycles. The summed E-state index contributed by atoms with van der Waals surface area (Å²) in [6.07, 6.45) is 5.92. The first-order valence-electron chi connectivity index (χ1n) is 6.61. The lowest BCUT2D eigenvalue weighted by Gasteiger charge is -2.27. The second-order valence-electron chi connectivity index (χ2n) is 5.46. The van der Waals surface area contributed by atoms with Gasteiger partial charge in [0.15, 0.2) is 0 Å². The molecule has 2 rings (SSSR count). The third-order valence-corrected chi connectivity index (χ3v) is 4.06. The zero-order valence-corrected chi connectivity index (χ0v) is 10.3. The summed E-state index contributed by atoms with van der Waals surface area (Å²) >= 11 is 0. The van der Waals surface area contributed by atoms with Crippen LogP contribution in [0.25, 0.3) is 0 Å². The van der Waals surface area contributed by atoms with Gasteiger partial charge in [-0.15, -0.1) is 0 Å². The predicted octanol–water partition coefficient (Wildman–Crippen LogP) is 1.75. The molecular weight excluding hydrogens is 198 g/mol. The van der Waals surface area contributed by atoms with Gasteiger partial charge in [0, 0.05) is 25.6 Å². The van der Waals surface area contributed by atoms with E-state index in [2.05, 4.69) is 23.2 Å². The molecule has 1 saturated heterocycles. The first-order valence-corrected chi connectivity index (χ1v) is 6.61. The van der Waals surface area contributed by atoms with Gasteiger partial charge >= 0.3 is 0 Å². The van der Waals surface area contributed by atoms with Gasteiger partial charge in [-0.25, -0.2) is 0 Å². The lowest BCUT2D eigenvalue weighted by molar-refractivity contribution is 0.213. The third-order valence-electron chi connectivity index (χ3n) is 4.06. The van der Waals surface area contributed by atoms with Crippen molar-refractivity contribution in [1.29, 1.82) is 5.26 Å². The van der Waals surface area contributed by atoms with Crippen LogP contribution in [-0.2, 0) is 0 Å². The van der Waals surface area contributed by atoms with E-state index in [4.69, 9.17) is 5.26 Å². The number of nitrogens with zero attached hydrogens (tertiary/aromatic N) is 2. The van der Waals surface area contributed by atoms with Gasteiger partial charge in [0.25, 0.3) is 0 Å². The van der Waals surface area contributed by atoms with Crippen molar-refractivity contribution in [2.75, 3.05) is 26.2 Å². The van der Waals surface area contributed by atoms with Crippen molar-refractivity contribution in [2.45, 2.75) is 45.1 Å². The maximum absolute atomic E-state index is 8.83. The Labute approximate surface area is 98.8 Å². The van der Waals surface area contributed by atoms with Crippen LogP contribution in [0.2, 0.25) is 0 Å². The third kappa shape index (κ3) is 2.96. The van der Waals surface area contributed by atoms with Gasteiger partial charge in [-0.05, 0) is 44.2 Å². The Kier molecular flexibility index (Phi) is 3.83. The van der Waals surface area contributed by atoms with Gasteiger partial charge in [0.2, 0.25) is 0 Å². The van der Waals surface area contributed by atoms with Crippen LogP contribution < -0.4 is 5.32 Å². The molecule has 0 bridgehead atoms. The molecule has 1 aliphatic carbocycles. The topological polar surface area (TPSA) is 39.1 Å². The molecule has 0 spiro atoms. The van der Waals surface area contributed by atoms with Crippen LogP contribution in [0, 0.1) is 16.7 Å². The smallest absolute Gasteiger partial charge is 0.0628 e. The van der Waals surface area contributed by atoms with E-state index in [1.807, 2.05) is 0 Å². The van der Waals surface area contributed by atoms with Crippen molar-refractivity contribution in [1.82, 2.24) is 10.2 Å². The summed E-state index contributed by atoms with van der Waals surface area (Å²) in [7, 11) is 0. The van der Waals surface area contributed by atoms with Crippen LogP contribution in [0.15, 0.2) is 0 Å². The molecule has 1 unspecified atom stereocenters. The van der Waals surface area contributed by atoms with Gasteiger partial charge in [0.05, 0.1) is 6.07 Å². The lowest BCUT2D eigenvalue weighted by Crippen LogP contribution is -2.40. The Morgan fingerprint density at radius 3 is 2.81 bits per heavy atom. The highest BCUT2D eigenvalue weighted by Crippen LogP contribution is 2.49. The second-order valence-corrected chi connectivity index (χ2v) is 5.46. The van der Waals surface area contributed by atoms with Crippen molar-refractivity contribution in [3.8, 4) is 6.07 Å². The van der Waals surface area contributed by atoms with Crippen LogP contribution in [0.1, 0.15) is 39.0 Å². The Balaban J connectivity index is 1.79. The largest absolute Gasteiger partial charge is 0.313 e. The SMILES string of the molecule is CCN(CC1CCCN1)CC1(CC#N)CC1. The van der Waals surface area contributed by atoms with Gasteiger partial charge in [0.1, 0.15) is 0 Å². The van der Waals surface area contributed by atoms with E-state index in [0.29, 0.717) is 11.5 Å². The average molecular weight is 221 g/mol. The Morgan fingerprint density at radius 2 is 2.31 bits per heavy atom. The summed E-state index contributed by atoms with van der Waals surface area (Å²) in [4.78, 5) is 2.54. The van der Waals surface area contributed by atoms with Crippen molar-refractivity contribution < 1.29 is 0 Å². The molecule has 16 heavy (non-hydrogen) atoms. The summed E-state index contributed by atoms with van der Waals surface area (Å²) in [5.41, 5.74) is 0.364. The number of likely N-dealkylation sites (N-methyl/N-ethyl adjacent to an activating group) is 1. The van der Waals surface area contributed by atoms with E-state index in [1.165, 1.54) is 38.8 Å². The number of hydrogen-bond acceptors (Lipinski definition) is 3. The molecule has 3 nitrogen and oxygen atoms in total. The normalized spacial score (nSPS) is 26.9. The Hall–Kier alpha value is -0.590. The van der Waals surface area contributed by atoms with E-state index < -0.39 is 0 Å². The van der Waals surface area contributed by atoms with Crippen molar-refractivity contribution >= 4 is 0 Å². The molecule has 0 aromatic carbocycles. The highest BCUT2D eigenvalue weighted by molar-refractivity contribution is 5.01. The number of nitriles is 1. The monoisotopic (exact) mass is 221 g/mol. The van der Waals surface area contributed by atoms with Crippen LogP contribution in [0.5, 0.6) is 0 Å². The predicted molar refractivity (Wildman–Crippen MR) is 65.0 cm³/mol. The summed E-state index contributed by atoms with van der Waals surface area (Å²) in [6.45, 7) is 6.84. The molecule has 1 aliphatic heterocycles. The van der Waals surface area contributed by atoms with E-state index in [9.17, 15) is 0 Å². The van der Waals surface area contributed by atoms with Gasteiger partial charge in [-0.2, -0.15) is 5.26 Å². The molecule has 3 heteroatoms. The standard InChI is InChI=1S/C13H23N3/c1-2-16(10-12-4-3-9-15-12)11-13(5-6-13)7-8-14/h12,15H,2-7,9-11H2,1H3. The van der Waals surface area contributed by atoms with Crippen LogP contribution >= 0.6 is 0 Å². The molecule has 1 atom stereocenters. The molecule has 0 amide bonds. The Morgan fingerprint density at radius 1 is 1.50 bits per heavy atom. The molecule has 1 saturated carbocycles. The van der Waals surface area contributed by atoms with Gasteiger partial charge in [-0.1, -0.05) is 6.92 Å².